The molecule has 0 aliphatic carbocycles. The van der Waals surface area contributed by atoms with Crippen molar-refractivity contribution in [3.63, 3.8) is 0 Å². The topological polar surface area (TPSA) is 63.4 Å². The maximum atomic E-state index is 12.2. The normalized spacial score (nSPS) is 20.1. The van der Waals surface area contributed by atoms with Crippen molar-refractivity contribution in [2.45, 2.75) is 38.6 Å². The zero-order chi connectivity index (χ0) is 15.6. The first-order valence-electron chi connectivity index (χ1n) is 7.18. The van der Waals surface area contributed by atoms with Gasteiger partial charge in [-0.05, 0) is 24.8 Å². The van der Waals surface area contributed by atoms with Crippen molar-refractivity contribution < 1.29 is 9.59 Å². The lowest BCUT2D eigenvalue weighted by atomic mass is 10.0. The van der Waals surface area contributed by atoms with E-state index >= 15 is 0 Å². The number of rotatable bonds is 5. The fraction of sp³-hybridized carbons (Fsp3) is 0.500. The van der Waals surface area contributed by atoms with E-state index in [4.69, 9.17) is 5.73 Å². The van der Waals surface area contributed by atoms with Crippen molar-refractivity contribution in [2.24, 2.45) is 11.7 Å². The summed E-state index contributed by atoms with van der Waals surface area (Å²) in [5.74, 6) is 0.284. The summed E-state index contributed by atoms with van der Waals surface area (Å²) in [5, 5.41) is -0.116. The quantitative estimate of drug-likeness (QED) is 0.909. The van der Waals surface area contributed by atoms with Gasteiger partial charge in [0.2, 0.25) is 11.8 Å². The summed E-state index contributed by atoms with van der Waals surface area (Å²) < 4.78 is 0. The van der Waals surface area contributed by atoms with Crippen LogP contribution in [0.25, 0.3) is 0 Å². The largest absolute Gasteiger partial charge is 0.368 e. The number of primary amides is 1. The molecule has 114 valence electrons. The van der Waals surface area contributed by atoms with Crippen LogP contribution in [0.3, 0.4) is 0 Å². The Morgan fingerprint density at radius 3 is 2.52 bits per heavy atom. The molecule has 0 saturated carbocycles. The number of amides is 2. The van der Waals surface area contributed by atoms with Crippen LogP contribution in [0.5, 0.6) is 0 Å². The van der Waals surface area contributed by atoms with Crippen molar-refractivity contribution in [1.82, 2.24) is 4.90 Å². The second-order valence-corrected chi connectivity index (χ2v) is 6.99. The molecule has 0 unspecified atom stereocenters. The number of benzene rings is 1. The maximum Gasteiger partial charge on any atom is 0.240 e. The third-order valence-corrected chi connectivity index (χ3v) is 4.86. The van der Waals surface area contributed by atoms with Crippen molar-refractivity contribution >= 4 is 23.6 Å². The van der Waals surface area contributed by atoms with Gasteiger partial charge in [-0.15, -0.1) is 11.8 Å². The number of hydrogen-bond donors (Lipinski definition) is 1. The molecular weight excluding hydrogens is 284 g/mol. The van der Waals surface area contributed by atoms with Crippen LogP contribution < -0.4 is 5.73 Å². The molecule has 1 aromatic carbocycles. The van der Waals surface area contributed by atoms with Crippen LogP contribution in [-0.4, -0.2) is 28.5 Å². The zero-order valence-electron chi connectivity index (χ0n) is 12.7. The van der Waals surface area contributed by atoms with E-state index in [0.717, 1.165) is 5.56 Å². The van der Waals surface area contributed by atoms with Crippen LogP contribution in [0.2, 0.25) is 0 Å². The highest BCUT2D eigenvalue weighted by atomic mass is 32.2. The van der Waals surface area contributed by atoms with Gasteiger partial charge in [-0.25, -0.2) is 0 Å². The lowest BCUT2D eigenvalue weighted by Gasteiger charge is -2.31. The van der Waals surface area contributed by atoms with Crippen LogP contribution in [0.1, 0.15) is 36.8 Å². The van der Waals surface area contributed by atoms with Crippen molar-refractivity contribution in [3.8, 4) is 0 Å². The lowest BCUT2D eigenvalue weighted by molar-refractivity contribution is -0.137. The molecule has 1 heterocycles. The van der Waals surface area contributed by atoms with E-state index in [9.17, 15) is 9.59 Å². The van der Waals surface area contributed by atoms with Crippen LogP contribution in [-0.2, 0) is 9.59 Å². The molecule has 21 heavy (non-hydrogen) atoms. The van der Waals surface area contributed by atoms with Crippen molar-refractivity contribution in [3.05, 3.63) is 35.4 Å². The minimum Gasteiger partial charge on any atom is -0.368 e. The summed E-state index contributed by atoms with van der Waals surface area (Å²) in [4.78, 5) is 25.7. The standard InChI is InChI=1S/C16H22N2O2S/c1-10(2)8-13(15(17)20)18-14(19)9-21-16(18)12-6-4-11(3)5-7-12/h4-7,10,13,16H,8-9H2,1-3H3,(H2,17,20)/t13-,16-/m0/s1. The van der Waals surface area contributed by atoms with Crippen LogP contribution >= 0.6 is 11.8 Å². The Morgan fingerprint density at radius 2 is 2.00 bits per heavy atom. The Labute approximate surface area is 130 Å². The Kier molecular flexibility index (Phi) is 4.93. The molecule has 2 atom stereocenters. The highest BCUT2D eigenvalue weighted by Crippen LogP contribution is 2.40. The van der Waals surface area contributed by atoms with E-state index in [0.29, 0.717) is 18.1 Å². The first kappa shape index (κ1) is 15.9. The molecule has 2 rings (SSSR count). The molecule has 1 fully saturated rings. The molecular formula is C16H22N2O2S. The van der Waals surface area contributed by atoms with Crippen LogP contribution in [0.4, 0.5) is 0 Å². The number of carbonyl (C=O) groups is 2. The van der Waals surface area contributed by atoms with Gasteiger partial charge in [0.15, 0.2) is 0 Å². The molecule has 5 heteroatoms. The minimum atomic E-state index is -0.529. The van der Waals surface area contributed by atoms with Gasteiger partial charge in [-0.3, -0.25) is 9.59 Å². The zero-order valence-corrected chi connectivity index (χ0v) is 13.5. The smallest absolute Gasteiger partial charge is 0.240 e. The van der Waals surface area contributed by atoms with Crippen molar-refractivity contribution in [2.75, 3.05) is 5.75 Å². The number of nitrogens with zero attached hydrogens (tertiary/aromatic N) is 1. The molecule has 0 spiro atoms. The predicted molar refractivity (Wildman–Crippen MR) is 85.7 cm³/mol. The fourth-order valence-electron chi connectivity index (χ4n) is 2.57. The Morgan fingerprint density at radius 1 is 1.38 bits per heavy atom. The first-order valence-corrected chi connectivity index (χ1v) is 8.23. The summed E-state index contributed by atoms with van der Waals surface area (Å²) in [6.07, 6.45) is 0.601. The number of aryl methyl sites for hydroxylation is 1. The van der Waals surface area contributed by atoms with E-state index < -0.39 is 11.9 Å². The number of carbonyl (C=O) groups excluding carboxylic acids is 2. The first-order chi connectivity index (χ1) is 9.90. The van der Waals surface area contributed by atoms with Gasteiger partial charge in [0, 0.05) is 0 Å². The number of hydrogen-bond acceptors (Lipinski definition) is 3. The van der Waals surface area contributed by atoms with Gasteiger partial charge in [0.1, 0.15) is 11.4 Å². The minimum absolute atomic E-state index is 0.00461. The lowest BCUT2D eigenvalue weighted by Crippen LogP contribution is -2.47. The molecule has 1 aliphatic heterocycles. The average Bonchev–Trinajstić information content (AvgIpc) is 2.78. The summed E-state index contributed by atoms with van der Waals surface area (Å²) in [6.45, 7) is 6.09. The second kappa shape index (κ2) is 6.52. The highest BCUT2D eigenvalue weighted by molar-refractivity contribution is 8.00. The molecule has 2 N–H and O–H groups in total. The Balaban J connectivity index is 2.30. The molecule has 1 aromatic rings. The summed E-state index contributed by atoms with van der Waals surface area (Å²) in [7, 11) is 0. The number of thioether (sulfide) groups is 1. The monoisotopic (exact) mass is 306 g/mol. The summed E-state index contributed by atoms with van der Waals surface area (Å²) in [6, 6.07) is 7.56. The van der Waals surface area contributed by atoms with Crippen LogP contribution in [0.15, 0.2) is 24.3 Å². The number of nitrogens with two attached hydrogens (primary N) is 1. The third-order valence-electron chi connectivity index (χ3n) is 3.63. The Bertz CT molecular complexity index is 528. The van der Waals surface area contributed by atoms with E-state index in [2.05, 4.69) is 0 Å². The van der Waals surface area contributed by atoms with Gasteiger partial charge < -0.3 is 10.6 Å². The SMILES string of the molecule is Cc1ccc([C@@H]2SCC(=O)N2[C@@H](CC(C)C)C(N)=O)cc1. The molecule has 2 amide bonds. The van der Waals surface area contributed by atoms with E-state index in [1.54, 1.807) is 16.7 Å². The van der Waals surface area contributed by atoms with E-state index in [-0.39, 0.29) is 11.3 Å². The van der Waals surface area contributed by atoms with Crippen molar-refractivity contribution in [1.29, 1.82) is 0 Å². The molecule has 0 radical (unpaired) electrons. The van der Waals surface area contributed by atoms with Gasteiger partial charge in [-0.2, -0.15) is 0 Å². The molecule has 0 bridgehead atoms. The Hall–Kier alpha value is -1.49. The predicted octanol–water partition coefficient (Wildman–Crippen LogP) is 2.47. The van der Waals surface area contributed by atoms with Gasteiger partial charge >= 0.3 is 0 Å². The summed E-state index contributed by atoms with van der Waals surface area (Å²) >= 11 is 1.56. The van der Waals surface area contributed by atoms with E-state index in [1.165, 1.54) is 5.56 Å². The maximum absolute atomic E-state index is 12.2. The van der Waals surface area contributed by atoms with Gasteiger partial charge in [0.25, 0.3) is 0 Å². The molecule has 0 aromatic heterocycles. The van der Waals surface area contributed by atoms with E-state index in [1.807, 2.05) is 45.0 Å². The summed E-state index contributed by atoms with van der Waals surface area (Å²) in [5.41, 5.74) is 7.77. The molecule has 1 saturated heterocycles. The molecule has 1 aliphatic rings. The van der Waals surface area contributed by atoms with Crippen LogP contribution in [0, 0.1) is 12.8 Å². The van der Waals surface area contributed by atoms with Gasteiger partial charge in [-0.1, -0.05) is 43.7 Å². The molecule has 4 nitrogen and oxygen atoms in total. The third kappa shape index (κ3) is 3.59. The average molecular weight is 306 g/mol. The fourth-order valence-corrected chi connectivity index (χ4v) is 3.80. The van der Waals surface area contributed by atoms with Gasteiger partial charge in [0.05, 0.1) is 5.75 Å². The highest BCUT2D eigenvalue weighted by Gasteiger charge is 2.40. The second-order valence-electron chi connectivity index (χ2n) is 5.92.